The number of carbonyl (C=O) groups excluding carboxylic acids is 1. The topological polar surface area (TPSA) is 26.3 Å². The lowest BCUT2D eigenvalue weighted by Crippen LogP contribution is -2.63. The Balaban J connectivity index is 2.42. The van der Waals surface area contributed by atoms with E-state index in [0.29, 0.717) is 0 Å². The number of ether oxygens (including phenoxy) is 1. The van der Waals surface area contributed by atoms with Crippen molar-refractivity contribution in [2.45, 2.75) is 24.3 Å². The molecule has 0 saturated carbocycles. The van der Waals surface area contributed by atoms with Crippen molar-refractivity contribution in [1.82, 2.24) is 0 Å². The fraction of sp³-hybridized carbons (Fsp3) is 0.364. The van der Waals surface area contributed by atoms with Crippen LogP contribution in [0.15, 0.2) is 30.3 Å². The Labute approximate surface area is 87.8 Å². The van der Waals surface area contributed by atoms with Gasteiger partial charge in [0.25, 0.3) is 0 Å². The van der Waals surface area contributed by atoms with Crippen molar-refractivity contribution in [3.63, 3.8) is 0 Å². The van der Waals surface area contributed by atoms with Crippen molar-refractivity contribution >= 4 is 17.6 Å². The molecule has 0 radical (unpaired) electrons. The average molecular weight is 211 g/mol. The molecule has 1 aliphatic heterocycles. The van der Waals surface area contributed by atoms with Gasteiger partial charge in [-0.15, -0.1) is 11.6 Å². The summed E-state index contributed by atoms with van der Waals surface area (Å²) < 4.78 is 5.16. The number of hydrogen-bond acceptors (Lipinski definition) is 2. The summed E-state index contributed by atoms with van der Waals surface area (Å²) >= 11 is 6.12. The number of carbonyl (C=O) groups is 1. The molecule has 1 aromatic carbocycles. The SMILES string of the molecule is C[C@@]1(Cl)C(=O)O[C@]1(C)c1ccccc1. The van der Waals surface area contributed by atoms with Gasteiger partial charge >= 0.3 is 5.97 Å². The molecular formula is C11H11ClO2. The molecule has 1 aromatic rings. The summed E-state index contributed by atoms with van der Waals surface area (Å²) in [5.74, 6) is -0.356. The molecule has 74 valence electrons. The van der Waals surface area contributed by atoms with Crippen LogP contribution in [-0.4, -0.2) is 10.8 Å². The Bertz CT molecular complexity index is 372. The van der Waals surface area contributed by atoms with E-state index in [2.05, 4.69) is 0 Å². The van der Waals surface area contributed by atoms with Gasteiger partial charge in [0.05, 0.1) is 0 Å². The zero-order valence-electron chi connectivity index (χ0n) is 8.08. The maximum atomic E-state index is 11.2. The molecule has 0 bridgehead atoms. The molecule has 1 fully saturated rings. The van der Waals surface area contributed by atoms with Gasteiger partial charge in [0.15, 0.2) is 10.5 Å². The van der Waals surface area contributed by atoms with Crippen molar-refractivity contribution in [3.8, 4) is 0 Å². The highest BCUT2D eigenvalue weighted by molar-refractivity contribution is 6.36. The summed E-state index contributed by atoms with van der Waals surface area (Å²) in [6, 6.07) is 9.54. The number of halogens is 1. The van der Waals surface area contributed by atoms with Gasteiger partial charge in [0.1, 0.15) is 0 Å². The van der Waals surface area contributed by atoms with E-state index in [1.165, 1.54) is 0 Å². The van der Waals surface area contributed by atoms with Crippen molar-refractivity contribution < 1.29 is 9.53 Å². The molecule has 2 rings (SSSR count). The van der Waals surface area contributed by atoms with E-state index in [1.54, 1.807) is 6.92 Å². The van der Waals surface area contributed by atoms with Gasteiger partial charge in [0, 0.05) is 0 Å². The van der Waals surface area contributed by atoms with Gasteiger partial charge in [-0.25, -0.2) is 4.79 Å². The van der Waals surface area contributed by atoms with Crippen LogP contribution in [-0.2, 0) is 15.1 Å². The Kier molecular flexibility index (Phi) is 1.86. The summed E-state index contributed by atoms with van der Waals surface area (Å²) in [4.78, 5) is 10.2. The van der Waals surface area contributed by atoms with Crippen molar-refractivity contribution in [2.75, 3.05) is 0 Å². The summed E-state index contributed by atoms with van der Waals surface area (Å²) in [5, 5.41) is 0. The van der Waals surface area contributed by atoms with E-state index in [1.807, 2.05) is 37.3 Å². The first-order valence-corrected chi connectivity index (χ1v) is 4.84. The second-order valence-electron chi connectivity index (χ2n) is 3.79. The monoisotopic (exact) mass is 210 g/mol. The predicted molar refractivity (Wildman–Crippen MR) is 54.1 cm³/mol. The second kappa shape index (κ2) is 2.74. The highest BCUT2D eigenvalue weighted by Crippen LogP contribution is 2.50. The van der Waals surface area contributed by atoms with Crippen LogP contribution in [0.4, 0.5) is 0 Å². The van der Waals surface area contributed by atoms with E-state index in [0.717, 1.165) is 5.56 Å². The number of esters is 1. The molecule has 0 aliphatic carbocycles. The van der Waals surface area contributed by atoms with Crippen molar-refractivity contribution in [3.05, 3.63) is 35.9 Å². The Hall–Kier alpha value is -1.02. The normalized spacial score (nSPS) is 36.1. The standard InChI is InChI=1S/C11H11ClO2/c1-10(12)9(13)14-11(10,2)8-6-4-3-5-7-8/h3-7H,1-2H3/t10-,11-/m1/s1. The van der Waals surface area contributed by atoms with Gasteiger partial charge in [-0.2, -0.15) is 0 Å². The second-order valence-corrected chi connectivity index (χ2v) is 4.55. The quantitative estimate of drug-likeness (QED) is 0.526. The average Bonchev–Trinajstić information content (AvgIpc) is 2.19. The molecule has 1 heterocycles. The summed E-state index contributed by atoms with van der Waals surface area (Å²) in [7, 11) is 0. The lowest BCUT2D eigenvalue weighted by Gasteiger charge is -2.49. The number of hydrogen-bond donors (Lipinski definition) is 0. The minimum atomic E-state index is -0.950. The molecule has 0 unspecified atom stereocenters. The first-order valence-electron chi connectivity index (χ1n) is 4.46. The molecule has 1 saturated heterocycles. The summed E-state index contributed by atoms with van der Waals surface area (Å²) in [6.45, 7) is 3.52. The van der Waals surface area contributed by atoms with E-state index in [9.17, 15) is 4.79 Å². The minimum absolute atomic E-state index is 0.356. The zero-order valence-corrected chi connectivity index (χ0v) is 8.84. The maximum absolute atomic E-state index is 11.2. The van der Waals surface area contributed by atoms with Crippen molar-refractivity contribution in [1.29, 1.82) is 0 Å². The van der Waals surface area contributed by atoms with E-state index < -0.39 is 10.5 Å². The van der Waals surface area contributed by atoms with Gasteiger partial charge in [-0.1, -0.05) is 30.3 Å². The van der Waals surface area contributed by atoms with Crippen LogP contribution in [0.5, 0.6) is 0 Å². The lowest BCUT2D eigenvalue weighted by atomic mass is 9.78. The maximum Gasteiger partial charge on any atom is 0.332 e. The van der Waals surface area contributed by atoms with E-state index in [-0.39, 0.29) is 5.97 Å². The van der Waals surface area contributed by atoms with Gasteiger partial charge in [0.2, 0.25) is 0 Å². The summed E-state index contributed by atoms with van der Waals surface area (Å²) in [5.41, 5.74) is 0.226. The van der Waals surface area contributed by atoms with Gasteiger partial charge in [-0.3, -0.25) is 0 Å². The smallest absolute Gasteiger partial charge is 0.332 e. The van der Waals surface area contributed by atoms with Crippen LogP contribution in [0, 0.1) is 0 Å². The van der Waals surface area contributed by atoms with Crippen LogP contribution in [0.25, 0.3) is 0 Å². The number of cyclic esters (lactones) is 1. The zero-order chi connectivity index (χ0) is 10.4. The van der Waals surface area contributed by atoms with E-state index in [4.69, 9.17) is 16.3 Å². The highest BCUT2D eigenvalue weighted by atomic mass is 35.5. The first-order chi connectivity index (χ1) is 6.48. The molecule has 1 aliphatic rings. The van der Waals surface area contributed by atoms with E-state index >= 15 is 0 Å². The fourth-order valence-corrected chi connectivity index (χ4v) is 1.80. The molecule has 0 amide bonds. The van der Waals surface area contributed by atoms with Gasteiger partial charge < -0.3 is 4.74 Å². The Morgan fingerprint density at radius 3 is 2.21 bits per heavy atom. The van der Waals surface area contributed by atoms with Gasteiger partial charge in [-0.05, 0) is 19.4 Å². The third kappa shape index (κ3) is 1.01. The molecule has 2 atom stereocenters. The first kappa shape index (κ1) is 9.53. The Morgan fingerprint density at radius 1 is 1.21 bits per heavy atom. The third-order valence-corrected chi connectivity index (χ3v) is 3.42. The molecule has 14 heavy (non-hydrogen) atoms. The van der Waals surface area contributed by atoms with Crippen LogP contribution in [0.1, 0.15) is 19.4 Å². The molecule has 0 spiro atoms. The predicted octanol–water partition coefficient (Wildman–Crippen LogP) is 2.46. The molecule has 0 N–H and O–H groups in total. The Morgan fingerprint density at radius 2 is 1.79 bits per heavy atom. The molecule has 2 nitrogen and oxygen atoms in total. The fourth-order valence-electron chi connectivity index (χ4n) is 1.61. The highest BCUT2D eigenvalue weighted by Gasteiger charge is 2.63. The third-order valence-electron chi connectivity index (χ3n) is 2.90. The molecular weight excluding hydrogens is 200 g/mol. The van der Waals surface area contributed by atoms with Crippen LogP contribution < -0.4 is 0 Å². The van der Waals surface area contributed by atoms with Crippen LogP contribution >= 0.6 is 11.6 Å². The van der Waals surface area contributed by atoms with Crippen molar-refractivity contribution in [2.24, 2.45) is 0 Å². The largest absolute Gasteiger partial charge is 0.451 e. The number of rotatable bonds is 1. The lowest BCUT2D eigenvalue weighted by molar-refractivity contribution is -0.202. The molecule has 3 heteroatoms. The van der Waals surface area contributed by atoms with Crippen LogP contribution in [0.2, 0.25) is 0 Å². The van der Waals surface area contributed by atoms with Crippen LogP contribution in [0.3, 0.4) is 0 Å². The minimum Gasteiger partial charge on any atom is -0.451 e. The number of benzene rings is 1. The summed E-state index contributed by atoms with van der Waals surface area (Å²) in [6.07, 6.45) is 0. The number of alkyl halides is 1. The molecule has 0 aromatic heterocycles.